The molecule has 4 aromatic rings. The molecule has 0 aliphatic rings. The quantitative estimate of drug-likeness (QED) is 0.433. The summed E-state index contributed by atoms with van der Waals surface area (Å²) < 4.78 is 5.71. The summed E-state index contributed by atoms with van der Waals surface area (Å²) in [6, 6.07) is 11.1. The second-order valence-electron chi connectivity index (χ2n) is 6.76. The first-order valence-electron chi connectivity index (χ1n) is 9.00. The molecular formula is C20H19N5O3S. The maximum atomic E-state index is 12.5. The van der Waals surface area contributed by atoms with Gasteiger partial charge < -0.3 is 19.7 Å². The van der Waals surface area contributed by atoms with Crippen molar-refractivity contribution in [2.75, 3.05) is 5.32 Å². The highest BCUT2D eigenvalue weighted by molar-refractivity contribution is 8.00. The molecule has 8 nitrogen and oxygen atoms in total. The number of anilines is 1. The minimum Gasteiger partial charge on any atom is -0.411 e. The summed E-state index contributed by atoms with van der Waals surface area (Å²) in [7, 11) is 0. The Hall–Kier alpha value is -3.33. The molecule has 4 rings (SSSR count). The number of hydrogen-bond donors (Lipinski definition) is 3. The average molecular weight is 409 g/mol. The van der Waals surface area contributed by atoms with E-state index in [1.54, 1.807) is 25.1 Å². The minimum atomic E-state index is -0.455. The van der Waals surface area contributed by atoms with Gasteiger partial charge in [-0.05, 0) is 62.2 Å². The van der Waals surface area contributed by atoms with Gasteiger partial charge in [0.1, 0.15) is 0 Å². The monoisotopic (exact) mass is 409 g/mol. The number of hydrogen-bond acceptors (Lipinski definition) is 6. The van der Waals surface area contributed by atoms with Crippen LogP contribution < -0.4 is 11.0 Å². The van der Waals surface area contributed by atoms with Crippen LogP contribution in [0.1, 0.15) is 18.1 Å². The number of carbonyl (C=O) groups excluding carboxylic acids is 1. The molecule has 148 valence electrons. The molecule has 0 saturated carbocycles. The standard InChI is InChI=1S/C20H19N5O3S/c1-10-4-5-13(8-11(10)2)18-24-25-20(28-18)29-12(3)17(26)21-14-6-7-15-16(9-14)23-19(27)22-15/h4-9,12H,1-3H3,(H,21,26)(H2,22,23,27)/t12-/m1/s1. The number of carbonyl (C=O) groups is 1. The molecule has 3 N–H and O–H groups in total. The fourth-order valence-electron chi connectivity index (χ4n) is 2.81. The summed E-state index contributed by atoms with van der Waals surface area (Å²) >= 11 is 1.19. The molecule has 0 unspecified atom stereocenters. The molecule has 2 aromatic carbocycles. The van der Waals surface area contributed by atoms with Crippen molar-refractivity contribution in [3.63, 3.8) is 0 Å². The van der Waals surface area contributed by atoms with Crippen LogP contribution in [0, 0.1) is 13.8 Å². The van der Waals surface area contributed by atoms with Crippen molar-refractivity contribution in [3.05, 3.63) is 58.0 Å². The number of amides is 1. The van der Waals surface area contributed by atoms with Crippen LogP contribution in [0.15, 0.2) is 50.8 Å². The molecule has 0 spiro atoms. The number of H-pyrrole nitrogens is 2. The van der Waals surface area contributed by atoms with Gasteiger partial charge in [0, 0.05) is 11.3 Å². The third-order valence-electron chi connectivity index (χ3n) is 4.59. The van der Waals surface area contributed by atoms with E-state index in [0.29, 0.717) is 27.8 Å². The maximum absolute atomic E-state index is 12.5. The number of aromatic amines is 2. The molecule has 9 heteroatoms. The highest BCUT2D eigenvalue weighted by Crippen LogP contribution is 2.28. The van der Waals surface area contributed by atoms with E-state index < -0.39 is 5.25 Å². The van der Waals surface area contributed by atoms with Gasteiger partial charge in [0.2, 0.25) is 11.8 Å². The topological polar surface area (TPSA) is 117 Å². The van der Waals surface area contributed by atoms with Gasteiger partial charge >= 0.3 is 5.69 Å². The van der Waals surface area contributed by atoms with Crippen LogP contribution in [-0.4, -0.2) is 31.3 Å². The normalized spacial score (nSPS) is 12.2. The van der Waals surface area contributed by atoms with Gasteiger partial charge in [-0.15, -0.1) is 10.2 Å². The number of aromatic nitrogens is 4. The lowest BCUT2D eigenvalue weighted by molar-refractivity contribution is -0.115. The van der Waals surface area contributed by atoms with Crippen LogP contribution in [-0.2, 0) is 4.79 Å². The predicted octanol–water partition coefficient (Wildman–Crippen LogP) is 3.64. The van der Waals surface area contributed by atoms with E-state index >= 15 is 0 Å². The molecule has 2 aromatic heterocycles. The summed E-state index contributed by atoms with van der Waals surface area (Å²) in [5, 5.41) is 10.8. The van der Waals surface area contributed by atoms with E-state index in [1.165, 1.54) is 17.3 Å². The Morgan fingerprint density at radius 1 is 1.07 bits per heavy atom. The number of imidazole rings is 1. The van der Waals surface area contributed by atoms with E-state index in [1.807, 2.05) is 32.0 Å². The third kappa shape index (κ3) is 4.09. The van der Waals surface area contributed by atoms with E-state index in [9.17, 15) is 9.59 Å². The Labute approximate surface area is 170 Å². The van der Waals surface area contributed by atoms with Gasteiger partial charge in [-0.3, -0.25) is 4.79 Å². The van der Waals surface area contributed by atoms with Crippen LogP contribution in [0.25, 0.3) is 22.5 Å². The SMILES string of the molecule is Cc1ccc(-c2nnc(S[C@H](C)C(=O)Nc3ccc4[nH]c(=O)[nH]c4c3)o2)cc1C. The van der Waals surface area contributed by atoms with E-state index in [2.05, 4.69) is 25.5 Å². The molecule has 0 saturated heterocycles. The number of rotatable bonds is 5. The number of aryl methyl sites for hydroxylation is 2. The Kier molecular flexibility index (Phi) is 4.98. The van der Waals surface area contributed by atoms with E-state index in [0.717, 1.165) is 11.1 Å². The Bertz CT molecular complexity index is 1260. The summed E-state index contributed by atoms with van der Waals surface area (Å²) in [6.45, 7) is 5.83. The highest BCUT2D eigenvalue weighted by atomic mass is 32.2. The zero-order valence-corrected chi connectivity index (χ0v) is 16.9. The van der Waals surface area contributed by atoms with Crippen molar-refractivity contribution in [1.29, 1.82) is 0 Å². The van der Waals surface area contributed by atoms with Crippen LogP contribution in [0.5, 0.6) is 0 Å². The van der Waals surface area contributed by atoms with E-state index in [4.69, 9.17) is 4.42 Å². The molecule has 2 heterocycles. The van der Waals surface area contributed by atoms with Crippen molar-refractivity contribution in [2.24, 2.45) is 0 Å². The van der Waals surface area contributed by atoms with Crippen LogP contribution in [0.4, 0.5) is 5.69 Å². The molecule has 1 atom stereocenters. The summed E-state index contributed by atoms with van der Waals surface area (Å²) in [5.41, 5.74) is 4.79. The summed E-state index contributed by atoms with van der Waals surface area (Å²) in [6.07, 6.45) is 0. The number of nitrogens with zero attached hydrogens (tertiary/aromatic N) is 2. The third-order valence-corrected chi connectivity index (χ3v) is 5.52. The molecule has 0 aliphatic heterocycles. The fraction of sp³-hybridized carbons (Fsp3) is 0.200. The lowest BCUT2D eigenvalue weighted by Crippen LogP contribution is -2.22. The van der Waals surface area contributed by atoms with Crippen molar-refractivity contribution in [1.82, 2.24) is 20.2 Å². The Morgan fingerprint density at radius 3 is 2.66 bits per heavy atom. The van der Waals surface area contributed by atoms with Gasteiger partial charge in [-0.2, -0.15) is 0 Å². The molecule has 29 heavy (non-hydrogen) atoms. The highest BCUT2D eigenvalue weighted by Gasteiger charge is 2.19. The number of fused-ring (bicyclic) bond motifs is 1. The maximum Gasteiger partial charge on any atom is 0.323 e. The van der Waals surface area contributed by atoms with Crippen LogP contribution >= 0.6 is 11.8 Å². The first-order chi connectivity index (χ1) is 13.9. The first kappa shape index (κ1) is 19.0. The van der Waals surface area contributed by atoms with Gasteiger partial charge in [-0.25, -0.2) is 4.79 Å². The minimum absolute atomic E-state index is 0.210. The van der Waals surface area contributed by atoms with Crippen LogP contribution in [0.3, 0.4) is 0 Å². The molecule has 0 fully saturated rings. The number of thioether (sulfide) groups is 1. The smallest absolute Gasteiger partial charge is 0.323 e. The Balaban J connectivity index is 1.43. The van der Waals surface area contributed by atoms with Crippen molar-refractivity contribution in [2.45, 2.75) is 31.2 Å². The van der Waals surface area contributed by atoms with Gasteiger partial charge in [-0.1, -0.05) is 17.8 Å². The average Bonchev–Trinajstić information content (AvgIpc) is 3.29. The molecule has 0 radical (unpaired) electrons. The zero-order valence-electron chi connectivity index (χ0n) is 16.1. The molecule has 0 bridgehead atoms. The predicted molar refractivity (Wildman–Crippen MR) is 112 cm³/mol. The van der Waals surface area contributed by atoms with Crippen LogP contribution in [0.2, 0.25) is 0 Å². The molecule has 1 amide bonds. The molecule has 0 aliphatic carbocycles. The summed E-state index contributed by atoms with van der Waals surface area (Å²) in [5.74, 6) is 0.211. The van der Waals surface area contributed by atoms with Crippen molar-refractivity contribution in [3.8, 4) is 11.5 Å². The summed E-state index contributed by atoms with van der Waals surface area (Å²) in [4.78, 5) is 29.2. The van der Waals surface area contributed by atoms with E-state index in [-0.39, 0.29) is 11.6 Å². The fourth-order valence-corrected chi connectivity index (χ4v) is 3.49. The zero-order chi connectivity index (χ0) is 20.5. The largest absolute Gasteiger partial charge is 0.411 e. The van der Waals surface area contributed by atoms with Crippen molar-refractivity contribution >= 4 is 34.4 Å². The van der Waals surface area contributed by atoms with Gasteiger partial charge in [0.25, 0.3) is 5.22 Å². The van der Waals surface area contributed by atoms with Gasteiger partial charge in [0.15, 0.2) is 0 Å². The lowest BCUT2D eigenvalue weighted by atomic mass is 10.1. The second-order valence-corrected chi connectivity index (χ2v) is 8.05. The number of nitrogens with one attached hydrogen (secondary N) is 3. The first-order valence-corrected chi connectivity index (χ1v) is 9.88. The number of benzene rings is 2. The second kappa shape index (κ2) is 7.59. The van der Waals surface area contributed by atoms with Gasteiger partial charge in [0.05, 0.1) is 16.3 Å². The molecular weight excluding hydrogens is 390 g/mol. The lowest BCUT2D eigenvalue weighted by Gasteiger charge is -2.09. The Morgan fingerprint density at radius 2 is 1.86 bits per heavy atom. The van der Waals surface area contributed by atoms with Crippen molar-refractivity contribution < 1.29 is 9.21 Å².